The van der Waals surface area contributed by atoms with Crippen LogP contribution < -0.4 is 0 Å². The van der Waals surface area contributed by atoms with Gasteiger partial charge in [-0.2, -0.15) is 0 Å². The van der Waals surface area contributed by atoms with Crippen molar-refractivity contribution in [2.24, 2.45) is 4.99 Å². The number of thiazole rings is 1. The van der Waals surface area contributed by atoms with E-state index in [-0.39, 0.29) is 29.3 Å². The van der Waals surface area contributed by atoms with Crippen molar-refractivity contribution in [3.8, 4) is 0 Å². The van der Waals surface area contributed by atoms with Gasteiger partial charge in [0, 0.05) is 29.0 Å². The molecule has 0 spiro atoms. The summed E-state index contributed by atoms with van der Waals surface area (Å²) in [6, 6.07) is 17.1. The molecule has 1 fully saturated rings. The van der Waals surface area contributed by atoms with Crippen molar-refractivity contribution in [2.45, 2.75) is 135 Å². The molecule has 2 aliphatic heterocycles. The summed E-state index contributed by atoms with van der Waals surface area (Å²) in [4.78, 5) is 27.5. The summed E-state index contributed by atoms with van der Waals surface area (Å²) < 4.78 is 13.3. The van der Waals surface area contributed by atoms with E-state index in [1.54, 1.807) is 0 Å². The van der Waals surface area contributed by atoms with E-state index in [1.165, 1.54) is 27.4 Å². The van der Waals surface area contributed by atoms with Gasteiger partial charge in [0.15, 0.2) is 8.32 Å². The molecule has 0 bridgehead atoms. The smallest absolute Gasteiger partial charge is 0.410 e. The van der Waals surface area contributed by atoms with E-state index >= 15 is 0 Å². The molecular formula is C38H51N3O3SSi. The number of likely N-dealkylation sites (tertiary alicyclic amines) is 1. The maximum Gasteiger partial charge on any atom is 0.410 e. The maximum absolute atomic E-state index is 14.1. The quantitative estimate of drug-likeness (QED) is 0.237. The molecule has 6 rings (SSSR count). The summed E-state index contributed by atoms with van der Waals surface area (Å²) in [5, 5.41) is 1.19. The minimum atomic E-state index is -2.17. The predicted molar refractivity (Wildman–Crippen MR) is 191 cm³/mol. The summed E-state index contributed by atoms with van der Waals surface area (Å²) in [5.41, 5.74) is 6.66. The fraction of sp³-hybridized carbons (Fsp3) is 0.553. The van der Waals surface area contributed by atoms with Crippen LogP contribution in [-0.4, -0.2) is 47.7 Å². The highest BCUT2D eigenvalue weighted by atomic mass is 32.1. The molecule has 0 N–H and O–H groups in total. The van der Waals surface area contributed by atoms with E-state index in [0.29, 0.717) is 5.92 Å². The Kier molecular flexibility index (Phi) is 8.87. The number of benzene rings is 2. The number of rotatable bonds is 7. The zero-order valence-corrected chi connectivity index (χ0v) is 31.0. The van der Waals surface area contributed by atoms with Gasteiger partial charge in [-0.1, -0.05) is 63.2 Å². The van der Waals surface area contributed by atoms with Crippen molar-refractivity contribution >= 4 is 37.1 Å². The van der Waals surface area contributed by atoms with Crippen LogP contribution >= 0.6 is 11.3 Å². The van der Waals surface area contributed by atoms with Crippen LogP contribution in [0.3, 0.4) is 0 Å². The van der Waals surface area contributed by atoms with Gasteiger partial charge in [0.2, 0.25) is 0 Å². The lowest BCUT2D eigenvalue weighted by atomic mass is 9.95. The zero-order valence-electron chi connectivity index (χ0n) is 29.1. The molecule has 1 aliphatic carbocycles. The SMILES string of the molecule is Cc1nc2c(s1)CCC2C1=Nc2ccc(CC3CC[C@H]([C@H](O[Si](C)(C)C(C)(C)C)c4ccccc4)N3C(=O)OC(C)(C)C)cc2C1. The van der Waals surface area contributed by atoms with E-state index in [0.717, 1.165) is 54.8 Å². The Morgan fingerprint density at radius 2 is 1.78 bits per heavy atom. The van der Waals surface area contributed by atoms with Crippen molar-refractivity contribution in [2.75, 3.05) is 0 Å². The molecule has 2 unspecified atom stereocenters. The molecule has 3 aliphatic rings. The van der Waals surface area contributed by atoms with Crippen molar-refractivity contribution < 1.29 is 14.0 Å². The Balaban J connectivity index is 1.26. The highest BCUT2D eigenvalue weighted by Gasteiger charge is 2.48. The number of hydrogen-bond acceptors (Lipinski definition) is 6. The third kappa shape index (κ3) is 6.76. The normalized spacial score (nSPS) is 22.1. The second-order valence-electron chi connectivity index (χ2n) is 16.0. The molecule has 1 saturated heterocycles. The molecule has 46 heavy (non-hydrogen) atoms. The molecule has 6 nitrogen and oxygen atoms in total. The molecule has 8 heteroatoms. The standard InChI is InChI=1S/C38H51N3O3SSi/c1-24-39-34-29(17-20-33(34)45-24)31-23-27-21-25(15-18-30(27)40-31)22-28-16-19-32(41(28)36(42)43-37(2,3)4)35(26-13-11-10-12-14-26)44-46(8,9)38(5,6)7/h10-15,18,21,28-29,32,35H,16-17,19-20,22-23H2,1-9H3/t28?,29?,32-,35-/m1/s1. The minimum absolute atomic E-state index is 0.0179. The minimum Gasteiger partial charge on any atom is -0.444 e. The fourth-order valence-electron chi connectivity index (χ4n) is 7.07. The number of carbonyl (C=O) groups is 1. The zero-order chi connectivity index (χ0) is 33.0. The lowest BCUT2D eigenvalue weighted by Gasteiger charge is -2.43. The summed E-state index contributed by atoms with van der Waals surface area (Å²) in [5.74, 6) is 0.338. The van der Waals surface area contributed by atoms with E-state index in [9.17, 15) is 4.79 Å². The topological polar surface area (TPSA) is 64.0 Å². The Labute approximate surface area is 280 Å². The lowest BCUT2D eigenvalue weighted by molar-refractivity contribution is -0.00238. The highest BCUT2D eigenvalue weighted by molar-refractivity contribution is 7.11. The first kappa shape index (κ1) is 33.1. The molecule has 0 saturated carbocycles. The first-order chi connectivity index (χ1) is 21.6. The maximum atomic E-state index is 14.1. The Morgan fingerprint density at radius 1 is 1.04 bits per heavy atom. The number of aryl methyl sites for hydroxylation is 2. The molecule has 4 atom stereocenters. The van der Waals surface area contributed by atoms with Crippen LogP contribution in [0.15, 0.2) is 53.5 Å². The average Bonchev–Trinajstić information content (AvgIpc) is 3.73. The van der Waals surface area contributed by atoms with Crippen LogP contribution in [0.5, 0.6) is 0 Å². The van der Waals surface area contributed by atoms with Gasteiger partial charge < -0.3 is 9.16 Å². The Hall–Kier alpha value is -2.81. The van der Waals surface area contributed by atoms with Crippen LogP contribution in [0.1, 0.15) is 105 Å². The lowest BCUT2D eigenvalue weighted by Crippen LogP contribution is -2.50. The van der Waals surface area contributed by atoms with Crippen LogP contribution in [0.4, 0.5) is 10.5 Å². The number of aliphatic imine (C=N–C) groups is 1. The largest absolute Gasteiger partial charge is 0.444 e. The second kappa shape index (κ2) is 12.3. The van der Waals surface area contributed by atoms with E-state index < -0.39 is 13.9 Å². The molecule has 1 amide bonds. The summed E-state index contributed by atoms with van der Waals surface area (Å²) in [6.07, 6.45) is 5.18. The number of hydrogen-bond donors (Lipinski definition) is 0. The molecule has 1 aromatic heterocycles. The fourth-order valence-corrected chi connectivity index (χ4v) is 9.36. The van der Waals surface area contributed by atoms with Crippen LogP contribution in [-0.2, 0) is 28.4 Å². The van der Waals surface area contributed by atoms with E-state index in [2.05, 4.69) is 83.3 Å². The molecular weight excluding hydrogens is 607 g/mol. The number of carbonyl (C=O) groups excluding carboxylic acids is 1. The Morgan fingerprint density at radius 3 is 2.48 bits per heavy atom. The van der Waals surface area contributed by atoms with Gasteiger partial charge in [-0.25, -0.2) is 9.78 Å². The molecule has 246 valence electrons. The van der Waals surface area contributed by atoms with E-state index in [1.807, 2.05) is 43.1 Å². The molecule has 3 heterocycles. The first-order valence-corrected chi connectivity index (χ1v) is 20.7. The molecule has 2 aromatic carbocycles. The Bertz CT molecular complexity index is 1620. The molecule has 0 radical (unpaired) electrons. The van der Waals surface area contributed by atoms with Crippen molar-refractivity contribution in [1.82, 2.24) is 9.88 Å². The third-order valence-electron chi connectivity index (χ3n) is 10.3. The second-order valence-corrected chi connectivity index (χ2v) is 22.0. The number of fused-ring (bicyclic) bond motifs is 2. The highest BCUT2D eigenvalue weighted by Crippen LogP contribution is 2.45. The van der Waals surface area contributed by atoms with Crippen molar-refractivity contribution in [3.63, 3.8) is 0 Å². The van der Waals surface area contributed by atoms with Gasteiger partial charge in [0.1, 0.15) is 5.60 Å². The summed E-state index contributed by atoms with van der Waals surface area (Å²) in [6.45, 7) is 19.4. The van der Waals surface area contributed by atoms with Gasteiger partial charge in [-0.3, -0.25) is 9.89 Å². The van der Waals surface area contributed by atoms with Crippen molar-refractivity contribution in [3.05, 3.63) is 80.8 Å². The van der Waals surface area contributed by atoms with Crippen LogP contribution in [0.2, 0.25) is 18.1 Å². The number of amides is 1. The van der Waals surface area contributed by atoms with Gasteiger partial charge in [0.25, 0.3) is 0 Å². The van der Waals surface area contributed by atoms with Crippen LogP contribution in [0.25, 0.3) is 0 Å². The average molecular weight is 658 g/mol. The first-order valence-electron chi connectivity index (χ1n) is 17.0. The monoisotopic (exact) mass is 657 g/mol. The summed E-state index contributed by atoms with van der Waals surface area (Å²) >= 11 is 1.84. The number of aromatic nitrogens is 1. The van der Waals surface area contributed by atoms with Gasteiger partial charge >= 0.3 is 6.09 Å². The number of ether oxygens (including phenoxy) is 1. The molecule has 3 aromatic rings. The van der Waals surface area contributed by atoms with Crippen LogP contribution in [0, 0.1) is 6.92 Å². The van der Waals surface area contributed by atoms with Gasteiger partial charge in [-0.15, -0.1) is 11.3 Å². The number of nitrogens with zero attached hydrogens (tertiary/aromatic N) is 3. The van der Waals surface area contributed by atoms with Gasteiger partial charge in [0.05, 0.1) is 28.5 Å². The van der Waals surface area contributed by atoms with Crippen molar-refractivity contribution in [1.29, 1.82) is 0 Å². The third-order valence-corrected chi connectivity index (χ3v) is 15.8. The van der Waals surface area contributed by atoms with E-state index in [4.69, 9.17) is 19.1 Å². The summed E-state index contributed by atoms with van der Waals surface area (Å²) in [7, 11) is -2.17. The van der Waals surface area contributed by atoms with Gasteiger partial charge in [-0.05, 0) is 101 Å². The predicted octanol–water partition coefficient (Wildman–Crippen LogP) is 9.88.